The number of hydrogen-bond donors (Lipinski definition) is 1. The van der Waals surface area contributed by atoms with Gasteiger partial charge in [-0.05, 0) is 13.3 Å². The summed E-state index contributed by atoms with van der Waals surface area (Å²) in [6.45, 7) is 4.12. The molecule has 1 atom stereocenters. The highest BCUT2D eigenvalue weighted by molar-refractivity contribution is 5.14. The predicted octanol–water partition coefficient (Wildman–Crippen LogP) is 0.287. The van der Waals surface area contributed by atoms with Crippen molar-refractivity contribution < 1.29 is 5.11 Å². The van der Waals surface area contributed by atoms with Gasteiger partial charge in [-0.15, -0.1) is 5.10 Å². The molecule has 14 heavy (non-hydrogen) atoms. The summed E-state index contributed by atoms with van der Waals surface area (Å²) in [4.78, 5) is 0. The van der Waals surface area contributed by atoms with Crippen LogP contribution in [0.3, 0.4) is 0 Å². The number of hydrogen-bond acceptors (Lipinski definition) is 4. The van der Waals surface area contributed by atoms with Gasteiger partial charge in [-0.25, -0.2) is 4.68 Å². The van der Waals surface area contributed by atoms with Crippen LogP contribution >= 0.6 is 0 Å². The Labute approximate surface area is 83.0 Å². The minimum Gasteiger partial charge on any atom is -0.391 e. The molecular formula is C9H14N4O. The van der Waals surface area contributed by atoms with Crippen LogP contribution in [0, 0.1) is 11.3 Å². The molecule has 5 nitrogen and oxygen atoms in total. The monoisotopic (exact) mass is 194 g/mol. The molecule has 0 saturated carbocycles. The lowest BCUT2D eigenvalue weighted by Gasteiger charge is -2.06. The minimum atomic E-state index is -0.447. The second-order valence-corrected chi connectivity index (χ2v) is 3.20. The van der Waals surface area contributed by atoms with Crippen molar-refractivity contribution in [2.24, 2.45) is 0 Å². The molecule has 0 saturated heterocycles. The lowest BCUT2D eigenvalue weighted by atomic mass is 10.2. The molecule has 1 aromatic rings. The molecule has 0 bridgehead atoms. The molecule has 0 amide bonds. The summed E-state index contributed by atoms with van der Waals surface area (Å²) >= 11 is 0. The highest BCUT2D eigenvalue weighted by Crippen LogP contribution is 2.07. The normalized spacial score (nSPS) is 12.4. The van der Waals surface area contributed by atoms with Crippen molar-refractivity contribution in [3.05, 3.63) is 11.4 Å². The Kier molecular flexibility index (Phi) is 3.60. The van der Waals surface area contributed by atoms with E-state index in [-0.39, 0.29) is 6.42 Å². The fourth-order valence-corrected chi connectivity index (χ4v) is 1.36. The maximum absolute atomic E-state index is 9.21. The fraction of sp³-hybridized carbons (Fsp3) is 0.667. The maximum Gasteiger partial charge on any atom is 0.0999 e. The summed E-state index contributed by atoms with van der Waals surface area (Å²) in [7, 11) is 0. The van der Waals surface area contributed by atoms with Gasteiger partial charge in [0.2, 0.25) is 0 Å². The van der Waals surface area contributed by atoms with Crippen molar-refractivity contribution >= 4 is 0 Å². The quantitative estimate of drug-likeness (QED) is 0.747. The van der Waals surface area contributed by atoms with Crippen LogP contribution in [0.15, 0.2) is 0 Å². The summed E-state index contributed by atoms with van der Waals surface area (Å²) in [5.41, 5.74) is 1.66. The van der Waals surface area contributed by atoms with E-state index >= 15 is 0 Å². The highest BCUT2D eigenvalue weighted by atomic mass is 16.3. The molecule has 76 valence electrons. The van der Waals surface area contributed by atoms with Gasteiger partial charge < -0.3 is 5.11 Å². The van der Waals surface area contributed by atoms with Gasteiger partial charge in [0.15, 0.2) is 0 Å². The first kappa shape index (κ1) is 10.7. The van der Waals surface area contributed by atoms with Crippen LogP contribution in [0.5, 0.6) is 0 Å². The van der Waals surface area contributed by atoms with E-state index in [9.17, 15) is 5.11 Å². The van der Waals surface area contributed by atoms with E-state index < -0.39 is 6.10 Å². The second-order valence-electron chi connectivity index (χ2n) is 3.20. The molecule has 1 unspecified atom stereocenters. The standard InChI is InChI=1S/C9H14N4O/c1-3-9-8(4-5-10)11-12-13(9)6-7(2)14/h7,14H,3-4,6H2,1-2H3. The number of aliphatic hydroxyl groups excluding tert-OH is 1. The first-order valence-corrected chi connectivity index (χ1v) is 4.65. The zero-order valence-corrected chi connectivity index (χ0v) is 8.43. The Morgan fingerprint density at radius 3 is 2.86 bits per heavy atom. The van der Waals surface area contributed by atoms with Crippen LogP contribution < -0.4 is 0 Å². The van der Waals surface area contributed by atoms with Crippen LogP contribution in [0.2, 0.25) is 0 Å². The Morgan fingerprint density at radius 1 is 1.64 bits per heavy atom. The van der Waals surface area contributed by atoms with E-state index in [0.29, 0.717) is 6.54 Å². The number of aliphatic hydroxyl groups is 1. The molecule has 1 aromatic heterocycles. The average Bonchev–Trinajstić information content (AvgIpc) is 2.47. The van der Waals surface area contributed by atoms with Gasteiger partial charge in [-0.2, -0.15) is 5.26 Å². The molecule has 0 radical (unpaired) electrons. The number of nitriles is 1. The highest BCUT2D eigenvalue weighted by Gasteiger charge is 2.11. The molecule has 0 spiro atoms. The second kappa shape index (κ2) is 4.72. The molecule has 0 aliphatic heterocycles. The first-order valence-electron chi connectivity index (χ1n) is 4.65. The summed E-state index contributed by atoms with van der Waals surface area (Å²) < 4.78 is 1.66. The SMILES string of the molecule is CCc1c(CC#N)nnn1CC(C)O. The predicted molar refractivity (Wildman–Crippen MR) is 50.4 cm³/mol. The number of rotatable bonds is 4. The lowest BCUT2D eigenvalue weighted by molar-refractivity contribution is 0.166. The van der Waals surface area contributed by atoms with Crippen molar-refractivity contribution in [1.29, 1.82) is 5.26 Å². The van der Waals surface area contributed by atoms with Gasteiger partial charge in [-0.3, -0.25) is 0 Å². The van der Waals surface area contributed by atoms with E-state index in [0.717, 1.165) is 17.8 Å². The molecule has 1 rings (SSSR count). The van der Waals surface area contributed by atoms with Crippen molar-refractivity contribution in [1.82, 2.24) is 15.0 Å². The molecule has 0 aromatic carbocycles. The van der Waals surface area contributed by atoms with Crippen LogP contribution in [0.4, 0.5) is 0 Å². The molecule has 1 heterocycles. The van der Waals surface area contributed by atoms with E-state index in [2.05, 4.69) is 10.3 Å². The summed E-state index contributed by atoms with van der Waals surface area (Å²) in [5, 5.41) is 25.6. The van der Waals surface area contributed by atoms with Gasteiger partial charge in [0.05, 0.1) is 36.5 Å². The van der Waals surface area contributed by atoms with E-state index in [1.165, 1.54) is 0 Å². The third-order valence-electron chi connectivity index (χ3n) is 1.94. The number of aromatic nitrogens is 3. The topological polar surface area (TPSA) is 74.7 Å². The number of nitrogens with zero attached hydrogens (tertiary/aromatic N) is 4. The third-order valence-corrected chi connectivity index (χ3v) is 1.94. The van der Waals surface area contributed by atoms with Gasteiger partial charge in [0.1, 0.15) is 0 Å². The van der Waals surface area contributed by atoms with Gasteiger partial charge in [-0.1, -0.05) is 12.1 Å². The summed E-state index contributed by atoms with van der Waals surface area (Å²) in [6.07, 6.45) is 0.608. The molecular weight excluding hydrogens is 180 g/mol. The van der Waals surface area contributed by atoms with Crippen LogP contribution in [-0.2, 0) is 19.4 Å². The lowest BCUT2D eigenvalue weighted by Crippen LogP contribution is -2.15. The Balaban J connectivity index is 2.90. The summed E-state index contributed by atoms with van der Waals surface area (Å²) in [6, 6.07) is 2.05. The van der Waals surface area contributed by atoms with Crippen LogP contribution in [0.1, 0.15) is 25.2 Å². The fourth-order valence-electron chi connectivity index (χ4n) is 1.36. The van der Waals surface area contributed by atoms with E-state index in [1.807, 2.05) is 13.0 Å². The molecule has 0 aliphatic rings. The molecule has 0 aliphatic carbocycles. The largest absolute Gasteiger partial charge is 0.391 e. The molecule has 1 N–H and O–H groups in total. The third kappa shape index (κ3) is 2.30. The van der Waals surface area contributed by atoms with Crippen molar-refractivity contribution in [3.63, 3.8) is 0 Å². The van der Waals surface area contributed by atoms with Crippen LogP contribution in [-0.4, -0.2) is 26.2 Å². The smallest absolute Gasteiger partial charge is 0.0999 e. The van der Waals surface area contributed by atoms with Crippen molar-refractivity contribution in [3.8, 4) is 6.07 Å². The Morgan fingerprint density at radius 2 is 2.36 bits per heavy atom. The maximum atomic E-state index is 9.21. The van der Waals surface area contributed by atoms with Crippen molar-refractivity contribution in [2.45, 2.75) is 39.3 Å². The summed E-state index contributed by atoms with van der Waals surface area (Å²) in [5.74, 6) is 0. The minimum absolute atomic E-state index is 0.281. The average molecular weight is 194 g/mol. The zero-order valence-electron chi connectivity index (χ0n) is 8.43. The van der Waals surface area contributed by atoms with Crippen molar-refractivity contribution in [2.75, 3.05) is 0 Å². The molecule has 5 heteroatoms. The van der Waals surface area contributed by atoms with Crippen LogP contribution in [0.25, 0.3) is 0 Å². The van der Waals surface area contributed by atoms with E-state index in [1.54, 1.807) is 11.6 Å². The molecule has 0 fully saturated rings. The first-order chi connectivity index (χ1) is 6.69. The van der Waals surface area contributed by atoms with Gasteiger partial charge in [0.25, 0.3) is 0 Å². The zero-order chi connectivity index (χ0) is 10.6. The Hall–Kier alpha value is -1.41. The van der Waals surface area contributed by atoms with E-state index in [4.69, 9.17) is 5.26 Å². The Bertz CT molecular complexity index is 337. The van der Waals surface area contributed by atoms with Gasteiger partial charge >= 0.3 is 0 Å². The van der Waals surface area contributed by atoms with Gasteiger partial charge in [0, 0.05) is 0 Å².